The standard InChI is InChI=1S/C19H24F2N4O2/c1-26-15-10-13-14(11-16(15)27-2)23-18(24-17(13)22-12-4-3-5-12)25-8-6-19(20,21)7-9-25/h10-12H,3-9H2,1-2H3,(H,22,23,24). The zero-order valence-corrected chi connectivity index (χ0v) is 15.6. The van der Waals surface area contributed by atoms with Crippen molar-refractivity contribution in [1.29, 1.82) is 0 Å². The number of hydrogen-bond donors (Lipinski definition) is 1. The van der Waals surface area contributed by atoms with E-state index in [-0.39, 0.29) is 25.9 Å². The number of fused-ring (bicyclic) bond motifs is 1. The predicted molar refractivity (Wildman–Crippen MR) is 100 cm³/mol. The molecule has 0 amide bonds. The average molecular weight is 378 g/mol. The first kappa shape index (κ1) is 18.0. The van der Waals surface area contributed by atoms with Gasteiger partial charge in [0.25, 0.3) is 5.92 Å². The van der Waals surface area contributed by atoms with Gasteiger partial charge in [-0.05, 0) is 25.3 Å². The maximum Gasteiger partial charge on any atom is 0.251 e. The van der Waals surface area contributed by atoms with E-state index in [1.54, 1.807) is 14.2 Å². The molecule has 27 heavy (non-hydrogen) atoms. The number of rotatable bonds is 5. The number of anilines is 2. The molecule has 2 aromatic rings. The summed E-state index contributed by atoms with van der Waals surface area (Å²) in [5, 5.41) is 4.32. The molecule has 0 atom stereocenters. The van der Waals surface area contributed by atoms with Crippen molar-refractivity contribution in [3.8, 4) is 11.5 Å². The third-order valence-electron chi connectivity index (χ3n) is 5.41. The summed E-state index contributed by atoms with van der Waals surface area (Å²) in [6.45, 7) is 0.489. The minimum absolute atomic E-state index is 0.175. The number of hydrogen-bond acceptors (Lipinski definition) is 6. The van der Waals surface area contributed by atoms with Crippen LogP contribution in [0.1, 0.15) is 32.1 Å². The van der Waals surface area contributed by atoms with E-state index in [1.807, 2.05) is 17.0 Å². The predicted octanol–water partition coefficient (Wildman–Crippen LogP) is 3.85. The van der Waals surface area contributed by atoms with Crippen LogP contribution >= 0.6 is 0 Å². The molecule has 0 unspecified atom stereocenters. The lowest BCUT2D eigenvalue weighted by Crippen LogP contribution is -2.40. The van der Waals surface area contributed by atoms with Gasteiger partial charge in [0.1, 0.15) is 5.82 Å². The molecule has 8 heteroatoms. The topological polar surface area (TPSA) is 59.5 Å². The fourth-order valence-electron chi connectivity index (χ4n) is 3.47. The van der Waals surface area contributed by atoms with Gasteiger partial charge in [-0.25, -0.2) is 13.8 Å². The van der Waals surface area contributed by atoms with Crippen LogP contribution in [0.25, 0.3) is 10.9 Å². The van der Waals surface area contributed by atoms with E-state index >= 15 is 0 Å². The molecule has 146 valence electrons. The molecule has 1 aliphatic carbocycles. The van der Waals surface area contributed by atoms with E-state index in [9.17, 15) is 8.78 Å². The summed E-state index contributed by atoms with van der Waals surface area (Å²) in [6.07, 6.45) is 3.05. The lowest BCUT2D eigenvalue weighted by Gasteiger charge is -2.32. The fraction of sp³-hybridized carbons (Fsp3) is 0.579. The van der Waals surface area contributed by atoms with E-state index < -0.39 is 5.92 Å². The maximum atomic E-state index is 13.5. The van der Waals surface area contributed by atoms with Crippen molar-refractivity contribution in [3.63, 3.8) is 0 Å². The lowest BCUT2D eigenvalue weighted by molar-refractivity contribution is -0.0222. The molecule has 1 aromatic carbocycles. The molecular formula is C19H24F2N4O2. The SMILES string of the molecule is COc1cc2nc(N3CCC(F)(F)CC3)nc(NC3CCC3)c2cc1OC. The quantitative estimate of drug-likeness (QED) is 0.853. The normalized spacial score (nSPS) is 19.6. The number of nitrogens with zero attached hydrogens (tertiary/aromatic N) is 3. The van der Waals surface area contributed by atoms with Crippen LogP contribution in [0, 0.1) is 0 Å². The Hall–Kier alpha value is -2.38. The number of benzene rings is 1. The Morgan fingerprint density at radius 2 is 1.74 bits per heavy atom. The van der Waals surface area contributed by atoms with Gasteiger partial charge in [0.15, 0.2) is 11.5 Å². The molecule has 1 aromatic heterocycles. The zero-order valence-electron chi connectivity index (χ0n) is 15.6. The molecule has 0 spiro atoms. The Morgan fingerprint density at radius 3 is 2.33 bits per heavy atom. The van der Waals surface area contributed by atoms with Crippen LogP contribution in [0.3, 0.4) is 0 Å². The van der Waals surface area contributed by atoms with Gasteiger partial charge in [-0.3, -0.25) is 0 Å². The summed E-state index contributed by atoms with van der Waals surface area (Å²) in [7, 11) is 3.16. The maximum absolute atomic E-state index is 13.5. The molecule has 1 N–H and O–H groups in total. The third kappa shape index (κ3) is 3.57. The van der Waals surface area contributed by atoms with E-state index in [2.05, 4.69) is 15.3 Å². The summed E-state index contributed by atoms with van der Waals surface area (Å²) in [6, 6.07) is 4.06. The highest BCUT2D eigenvalue weighted by Crippen LogP contribution is 2.37. The number of halogens is 2. The summed E-state index contributed by atoms with van der Waals surface area (Å²) in [4.78, 5) is 11.2. The van der Waals surface area contributed by atoms with Gasteiger partial charge in [-0.1, -0.05) is 0 Å². The van der Waals surface area contributed by atoms with Crippen LogP contribution in [-0.4, -0.2) is 49.2 Å². The molecule has 4 rings (SSSR count). The summed E-state index contributed by atoms with van der Waals surface area (Å²) in [5.41, 5.74) is 0.705. The van der Waals surface area contributed by atoms with Gasteiger partial charge >= 0.3 is 0 Å². The van der Waals surface area contributed by atoms with Gasteiger partial charge in [-0.2, -0.15) is 4.98 Å². The summed E-state index contributed by atoms with van der Waals surface area (Å²) < 4.78 is 37.8. The first-order valence-electron chi connectivity index (χ1n) is 9.32. The zero-order chi connectivity index (χ0) is 19.0. The Balaban J connectivity index is 1.75. The van der Waals surface area contributed by atoms with E-state index in [1.165, 1.54) is 6.42 Å². The van der Waals surface area contributed by atoms with E-state index in [0.29, 0.717) is 29.0 Å². The van der Waals surface area contributed by atoms with Crippen LogP contribution in [0.5, 0.6) is 11.5 Å². The molecule has 1 aliphatic heterocycles. The lowest BCUT2D eigenvalue weighted by atomic mass is 9.93. The molecule has 2 heterocycles. The van der Waals surface area contributed by atoms with Crippen molar-refractivity contribution in [3.05, 3.63) is 12.1 Å². The third-order valence-corrected chi connectivity index (χ3v) is 5.41. The number of methoxy groups -OCH3 is 2. The molecular weight excluding hydrogens is 354 g/mol. The van der Waals surface area contributed by atoms with Crippen molar-refractivity contribution in [1.82, 2.24) is 9.97 Å². The number of nitrogens with one attached hydrogen (secondary N) is 1. The number of ether oxygens (including phenoxy) is 2. The van der Waals surface area contributed by atoms with Crippen LogP contribution < -0.4 is 19.7 Å². The van der Waals surface area contributed by atoms with Gasteiger partial charge in [0.05, 0.1) is 19.7 Å². The number of alkyl halides is 2. The van der Waals surface area contributed by atoms with Gasteiger partial charge in [0, 0.05) is 43.4 Å². The second kappa shape index (κ2) is 6.98. The molecule has 1 saturated heterocycles. The minimum atomic E-state index is -2.60. The smallest absolute Gasteiger partial charge is 0.251 e. The van der Waals surface area contributed by atoms with E-state index in [4.69, 9.17) is 9.47 Å². The van der Waals surface area contributed by atoms with Gasteiger partial charge in [0.2, 0.25) is 5.95 Å². The van der Waals surface area contributed by atoms with Gasteiger partial charge in [-0.15, -0.1) is 0 Å². The van der Waals surface area contributed by atoms with Crippen LogP contribution in [0.15, 0.2) is 12.1 Å². The van der Waals surface area contributed by atoms with Crippen molar-refractivity contribution in [2.75, 3.05) is 37.5 Å². The number of piperidine rings is 1. The van der Waals surface area contributed by atoms with Crippen molar-refractivity contribution in [2.24, 2.45) is 0 Å². The second-order valence-corrected chi connectivity index (χ2v) is 7.21. The summed E-state index contributed by atoms with van der Waals surface area (Å²) in [5.74, 6) is -0.216. The van der Waals surface area contributed by atoms with Crippen LogP contribution in [0.4, 0.5) is 20.5 Å². The second-order valence-electron chi connectivity index (χ2n) is 7.21. The van der Waals surface area contributed by atoms with Gasteiger partial charge < -0.3 is 19.7 Å². The molecule has 0 radical (unpaired) electrons. The van der Waals surface area contributed by atoms with Crippen molar-refractivity contribution in [2.45, 2.75) is 44.1 Å². The average Bonchev–Trinajstić information content (AvgIpc) is 2.63. The highest BCUT2D eigenvalue weighted by Gasteiger charge is 2.35. The minimum Gasteiger partial charge on any atom is -0.493 e. The summed E-state index contributed by atoms with van der Waals surface area (Å²) >= 11 is 0. The molecule has 2 fully saturated rings. The number of aromatic nitrogens is 2. The van der Waals surface area contributed by atoms with Crippen molar-refractivity contribution < 1.29 is 18.3 Å². The highest BCUT2D eigenvalue weighted by molar-refractivity contribution is 5.93. The van der Waals surface area contributed by atoms with Crippen LogP contribution in [0.2, 0.25) is 0 Å². The Labute approximate surface area is 156 Å². The molecule has 2 aliphatic rings. The molecule has 1 saturated carbocycles. The highest BCUT2D eigenvalue weighted by atomic mass is 19.3. The monoisotopic (exact) mass is 378 g/mol. The first-order valence-corrected chi connectivity index (χ1v) is 9.32. The van der Waals surface area contributed by atoms with Crippen LogP contribution in [-0.2, 0) is 0 Å². The Kier molecular flexibility index (Phi) is 4.65. The Morgan fingerprint density at radius 1 is 1.07 bits per heavy atom. The molecule has 6 nitrogen and oxygen atoms in total. The largest absolute Gasteiger partial charge is 0.493 e. The first-order chi connectivity index (χ1) is 13.0. The fourth-order valence-corrected chi connectivity index (χ4v) is 3.47. The van der Waals surface area contributed by atoms with E-state index in [0.717, 1.165) is 24.0 Å². The molecule has 0 bridgehead atoms. The Bertz CT molecular complexity index is 832. The van der Waals surface area contributed by atoms with Crippen molar-refractivity contribution >= 4 is 22.7 Å².